The molecule has 29 heavy (non-hydrogen) atoms. The molecule has 1 aromatic heterocycles. The molecule has 3 rings (SSSR count). The van der Waals surface area contributed by atoms with E-state index in [2.05, 4.69) is 0 Å². The zero-order chi connectivity index (χ0) is 21.2. The van der Waals surface area contributed by atoms with Crippen LogP contribution in [0.4, 0.5) is 8.78 Å². The second-order valence-electron chi connectivity index (χ2n) is 6.29. The molecule has 6 nitrogen and oxygen atoms in total. The highest BCUT2D eigenvalue weighted by Gasteiger charge is 2.33. The lowest BCUT2D eigenvalue weighted by Crippen LogP contribution is -2.32. The Morgan fingerprint density at radius 2 is 1.69 bits per heavy atom. The summed E-state index contributed by atoms with van der Waals surface area (Å²) < 4.78 is 85.6. The standard InChI is InChI=1S/C19H17F2NO5S2/c1-13-4-7-15(8-5-13)28(23,24)19(17-3-2-10-27-17)12-22-29(25,26)18-11-14(20)6-9-16(18)21/h2-11,19,22H,12H2,1H3/t19-/m0/s1. The van der Waals surface area contributed by atoms with Gasteiger partial charge >= 0.3 is 0 Å². The van der Waals surface area contributed by atoms with Crippen LogP contribution >= 0.6 is 0 Å². The summed E-state index contributed by atoms with van der Waals surface area (Å²) in [6.45, 7) is 1.16. The topological polar surface area (TPSA) is 93.5 Å². The molecule has 1 atom stereocenters. The predicted octanol–water partition coefficient (Wildman–Crippen LogP) is 3.36. The number of halogens is 2. The Bertz CT molecular complexity index is 1210. The normalized spacial score (nSPS) is 13.3. The third-order valence-electron chi connectivity index (χ3n) is 4.23. The monoisotopic (exact) mass is 441 g/mol. The molecule has 1 N–H and O–H groups in total. The van der Waals surface area contributed by atoms with Crippen molar-refractivity contribution >= 4 is 19.9 Å². The van der Waals surface area contributed by atoms with Crippen LogP contribution in [0.5, 0.6) is 0 Å². The van der Waals surface area contributed by atoms with E-state index in [1.165, 1.54) is 30.5 Å². The van der Waals surface area contributed by atoms with Gasteiger partial charge in [0.1, 0.15) is 27.5 Å². The first-order valence-corrected chi connectivity index (χ1v) is 11.4. The molecule has 0 fully saturated rings. The van der Waals surface area contributed by atoms with E-state index in [1.54, 1.807) is 19.1 Å². The minimum atomic E-state index is -4.52. The summed E-state index contributed by atoms with van der Waals surface area (Å²) in [7, 11) is -8.57. The molecule has 0 spiro atoms. The third-order valence-corrected chi connectivity index (χ3v) is 7.74. The summed E-state index contributed by atoms with van der Waals surface area (Å²) in [6, 6.07) is 10.9. The van der Waals surface area contributed by atoms with E-state index in [-0.39, 0.29) is 10.7 Å². The van der Waals surface area contributed by atoms with Crippen molar-refractivity contribution in [3.05, 3.63) is 83.8 Å². The smallest absolute Gasteiger partial charge is 0.243 e. The molecule has 3 aromatic rings. The molecule has 0 aliphatic heterocycles. The number of sulfonamides is 1. The highest BCUT2D eigenvalue weighted by molar-refractivity contribution is 7.92. The van der Waals surface area contributed by atoms with Crippen LogP contribution in [0.2, 0.25) is 0 Å². The number of rotatable bonds is 7. The van der Waals surface area contributed by atoms with Crippen molar-refractivity contribution in [2.24, 2.45) is 0 Å². The zero-order valence-corrected chi connectivity index (χ0v) is 16.8. The van der Waals surface area contributed by atoms with Crippen molar-refractivity contribution in [1.82, 2.24) is 4.72 Å². The quantitative estimate of drug-likeness (QED) is 0.607. The van der Waals surface area contributed by atoms with Gasteiger partial charge in [0, 0.05) is 6.54 Å². The molecule has 0 bridgehead atoms. The SMILES string of the molecule is Cc1ccc(S(=O)(=O)[C@@H](CNS(=O)(=O)c2cc(F)ccc2F)c2ccco2)cc1. The van der Waals surface area contributed by atoms with Crippen LogP contribution in [0.15, 0.2) is 75.1 Å². The number of benzene rings is 2. The van der Waals surface area contributed by atoms with Crippen molar-refractivity contribution < 1.29 is 30.0 Å². The van der Waals surface area contributed by atoms with E-state index in [1.807, 2.05) is 4.72 Å². The first-order chi connectivity index (χ1) is 13.6. The van der Waals surface area contributed by atoms with Crippen molar-refractivity contribution in [1.29, 1.82) is 0 Å². The minimum absolute atomic E-state index is 0.00740. The van der Waals surface area contributed by atoms with Crippen LogP contribution in [-0.2, 0) is 19.9 Å². The molecule has 10 heteroatoms. The van der Waals surface area contributed by atoms with Crippen molar-refractivity contribution in [3.8, 4) is 0 Å². The molecular formula is C19H17F2NO5S2. The Hall–Kier alpha value is -2.56. The van der Waals surface area contributed by atoms with Crippen molar-refractivity contribution in [3.63, 3.8) is 0 Å². The molecule has 0 radical (unpaired) electrons. The maximum Gasteiger partial charge on any atom is 0.243 e. The van der Waals surface area contributed by atoms with Crippen LogP contribution in [-0.4, -0.2) is 23.4 Å². The number of furan rings is 1. The first-order valence-electron chi connectivity index (χ1n) is 8.40. The zero-order valence-electron chi connectivity index (χ0n) is 15.2. The van der Waals surface area contributed by atoms with E-state index in [0.717, 1.165) is 11.6 Å². The number of sulfone groups is 1. The molecule has 1 heterocycles. The highest BCUT2D eigenvalue weighted by Crippen LogP contribution is 2.29. The van der Waals surface area contributed by atoms with Gasteiger partial charge in [0.05, 0.1) is 11.2 Å². The number of hydrogen-bond donors (Lipinski definition) is 1. The Morgan fingerprint density at radius 3 is 2.31 bits per heavy atom. The fraction of sp³-hybridized carbons (Fsp3) is 0.158. The lowest BCUT2D eigenvalue weighted by Gasteiger charge is -2.17. The average Bonchev–Trinajstić information content (AvgIpc) is 3.18. The molecule has 0 saturated carbocycles. The fourth-order valence-corrected chi connectivity index (χ4v) is 5.50. The van der Waals surface area contributed by atoms with Gasteiger partial charge in [-0.2, -0.15) is 0 Å². The molecule has 0 amide bonds. The molecule has 154 valence electrons. The maximum absolute atomic E-state index is 13.9. The summed E-state index contributed by atoms with van der Waals surface area (Å²) in [5, 5.41) is -1.41. The Labute approximate surface area is 167 Å². The summed E-state index contributed by atoms with van der Waals surface area (Å²) in [6.07, 6.45) is 1.26. The third kappa shape index (κ3) is 4.55. The molecule has 0 unspecified atom stereocenters. The average molecular weight is 441 g/mol. The molecule has 0 saturated heterocycles. The van der Waals surface area contributed by atoms with Gasteiger partial charge in [0.25, 0.3) is 0 Å². The Kier molecular flexibility index (Phi) is 5.87. The van der Waals surface area contributed by atoms with Gasteiger partial charge < -0.3 is 4.42 Å². The Morgan fingerprint density at radius 1 is 1.00 bits per heavy atom. The van der Waals surface area contributed by atoms with Crippen LogP contribution in [0, 0.1) is 18.6 Å². The predicted molar refractivity (Wildman–Crippen MR) is 101 cm³/mol. The van der Waals surface area contributed by atoms with E-state index >= 15 is 0 Å². The molecular weight excluding hydrogens is 424 g/mol. The van der Waals surface area contributed by atoms with Gasteiger partial charge in [-0.3, -0.25) is 0 Å². The van der Waals surface area contributed by atoms with Gasteiger partial charge in [-0.1, -0.05) is 17.7 Å². The van der Waals surface area contributed by atoms with Gasteiger partial charge in [0.2, 0.25) is 10.0 Å². The Balaban J connectivity index is 1.95. The number of aryl methyl sites for hydroxylation is 1. The van der Waals surface area contributed by atoms with E-state index in [9.17, 15) is 25.6 Å². The molecule has 0 aliphatic rings. The van der Waals surface area contributed by atoms with Crippen LogP contribution < -0.4 is 4.72 Å². The minimum Gasteiger partial charge on any atom is -0.468 e. The van der Waals surface area contributed by atoms with Gasteiger partial charge in [0.15, 0.2) is 9.84 Å². The molecule has 0 aliphatic carbocycles. The van der Waals surface area contributed by atoms with Crippen LogP contribution in [0.25, 0.3) is 0 Å². The van der Waals surface area contributed by atoms with Crippen molar-refractivity contribution in [2.45, 2.75) is 22.0 Å². The largest absolute Gasteiger partial charge is 0.468 e. The fourth-order valence-electron chi connectivity index (χ4n) is 2.68. The number of hydrogen-bond acceptors (Lipinski definition) is 5. The summed E-state index contributed by atoms with van der Waals surface area (Å²) >= 11 is 0. The number of nitrogens with one attached hydrogen (secondary N) is 1. The van der Waals surface area contributed by atoms with Crippen LogP contribution in [0.3, 0.4) is 0 Å². The first kappa shape index (κ1) is 21.2. The van der Waals surface area contributed by atoms with E-state index in [4.69, 9.17) is 4.42 Å². The van der Waals surface area contributed by atoms with E-state index in [0.29, 0.717) is 12.1 Å². The van der Waals surface area contributed by atoms with Gasteiger partial charge in [-0.15, -0.1) is 0 Å². The lowest BCUT2D eigenvalue weighted by molar-refractivity contribution is 0.486. The van der Waals surface area contributed by atoms with Crippen molar-refractivity contribution in [2.75, 3.05) is 6.54 Å². The molecule has 2 aromatic carbocycles. The maximum atomic E-state index is 13.9. The van der Waals surface area contributed by atoms with Crippen LogP contribution in [0.1, 0.15) is 16.6 Å². The van der Waals surface area contributed by atoms with E-state index < -0.39 is 48.2 Å². The summed E-state index contributed by atoms with van der Waals surface area (Å²) in [4.78, 5) is -0.941. The highest BCUT2D eigenvalue weighted by atomic mass is 32.2. The second kappa shape index (κ2) is 8.05. The van der Waals surface area contributed by atoms with Gasteiger partial charge in [-0.25, -0.2) is 30.3 Å². The lowest BCUT2D eigenvalue weighted by atomic mass is 10.2. The second-order valence-corrected chi connectivity index (χ2v) is 10.2. The summed E-state index contributed by atoms with van der Waals surface area (Å²) in [5.41, 5.74) is 0.848. The van der Waals surface area contributed by atoms with Gasteiger partial charge in [-0.05, 0) is 49.4 Å². The summed E-state index contributed by atoms with van der Waals surface area (Å²) in [5.74, 6) is -2.09.